The maximum absolute atomic E-state index is 12.9. The van der Waals surface area contributed by atoms with E-state index in [1.54, 1.807) is 12.1 Å². The number of ether oxygens (including phenoxy) is 1. The van der Waals surface area contributed by atoms with Crippen LogP contribution >= 0.6 is 0 Å². The Labute approximate surface area is 170 Å². The van der Waals surface area contributed by atoms with Crippen LogP contribution < -0.4 is 20.7 Å². The number of carbonyl (C=O) groups is 2. The molecule has 0 spiro atoms. The van der Waals surface area contributed by atoms with Gasteiger partial charge in [0.2, 0.25) is 5.91 Å². The Balaban J connectivity index is 1.75. The van der Waals surface area contributed by atoms with Crippen LogP contribution in [0.5, 0.6) is 5.75 Å². The number of benzene rings is 2. The second kappa shape index (κ2) is 11.7. The molecule has 2 aromatic carbocycles. The number of hydrogen-bond donors (Lipinski definition) is 3. The molecule has 0 aliphatic rings. The van der Waals surface area contributed by atoms with Gasteiger partial charge in [-0.05, 0) is 42.7 Å². The topological polar surface area (TPSA) is 79.5 Å². The van der Waals surface area contributed by atoms with Crippen molar-refractivity contribution in [2.24, 2.45) is 0 Å². The summed E-state index contributed by atoms with van der Waals surface area (Å²) in [5, 5.41) is 8.16. The molecule has 0 aliphatic carbocycles. The van der Waals surface area contributed by atoms with Crippen molar-refractivity contribution in [2.75, 3.05) is 13.2 Å². The Bertz CT molecular complexity index is 796. The average Bonchev–Trinajstić information content (AvgIpc) is 2.71. The molecule has 7 heteroatoms. The Hall–Kier alpha value is -3.09. The number of para-hydroxylation sites is 1. The third kappa shape index (κ3) is 7.81. The Morgan fingerprint density at radius 3 is 2.48 bits per heavy atom. The van der Waals surface area contributed by atoms with E-state index in [-0.39, 0.29) is 18.3 Å². The quantitative estimate of drug-likeness (QED) is 0.535. The van der Waals surface area contributed by atoms with Gasteiger partial charge in [-0.15, -0.1) is 0 Å². The van der Waals surface area contributed by atoms with Crippen LogP contribution in [0.3, 0.4) is 0 Å². The molecule has 0 fully saturated rings. The van der Waals surface area contributed by atoms with E-state index in [4.69, 9.17) is 4.74 Å². The van der Waals surface area contributed by atoms with Gasteiger partial charge in [-0.25, -0.2) is 9.18 Å². The molecule has 6 nitrogen and oxygen atoms in total. The van der Waals surface area contributed by atoms with Gasteiger partial charge in [0.15, 0.2) is 0 Å². The van der Waals surface area contributed by atoms with E-state index in [1.165, 1.54) is 12.1 Å². The lowest BCUT2D eigenvalue weighted by Crippen LogP contribution is -2.50. The Morgan fingerprint density at radius 2 is 1.79 bits per heavy atom. The molecule has 0 radical (unpaired) electrons. The highest BCUT2D eigenvalue weighted by Gasteiger charge is 2.19. The predicted octanol–water partition coefficient (Wildman–Crippen LogP) is 3.30. The van der Waals surface area contributed by atoms with Gasteiger partial charge < -0.3 is 20.7 Å². The van der Waals surface area contributed by atoms with E-state index in [2.05, 4.69) is 16.0 Å². The van der Waals surface area contributed by atoms with Crippen molar-refractivity contribution in [1.29, 1.82) is 0 Å². The van der Waals surface area contributed by atoms with E-state index in [1.807, 2.05) is 38.1 Å². The zero-order chi connectivity index (χ0) is 21.1. The van der Waals surface area contributed by atoms with Crippen molar-refractivity contribution in [3.8, 4) is 5.75 Å². The minimum atomic E-state index is -0.633. The molecule has 0 saturated heterocycles. The fraction of sp³-hybridized carbons (Fsp3) is 0.364. The lowest BCUT2D eigenvalue weighted by Gasteiger charge is -2.18. The second-order valence-electron chi connectivity index (χ2n) is 6.70. The number of hydrogen-bond acceptors (Lipinski definition) is 3. The molecular weight excluding hydrogens is 373 g/mol. The first-order valence-electron chi connectivity index (χ1n) is 9.74. The van der Waals surface area contributed by atoms with Gasteiger partial charge in [-0.2, -0.15) is 0 Å². The number of urea groups is 1. The highest BCUT2D eigenvalue weighted by atomic mass is 19.1. The number of aryl methyl sites for hydroxylation is 1. The molecule has 29 heavy (non-hydrogen) atoms. The minimum absolute atomic E-state index is 0.247. The lowest BCUT2D eigenvalue weighted by molar-refractivity contribution is -0.123. The summed E-state index contributed by atoms with van der Waals surface area (Å²) in [6.07, 6.45) is 1.27. The first kappa shape index (κ1) is 22.2. The number of rotatable bonds is 10. The average molecular weight is 401 g/mol. The molecule has 0 bridgehead atoms. The van der Waals surface area contributed by atoms with Gasteiger partial charge >= 0.3 is 6.03 Å². The number of nitrogens with one attached hydrogen (secondary N) is 3. The molecule has 1 atom stereocenters. The van der Waals surface area contributed by atoms with Crippen LogP contribution in [0.25, 0.3) is 0 Å². The standard InChI is InChI=1S/C22H28FN3O3/c1-3-6-19(26-22(28)25-15-17-9-11-18(23)12-10-17)21(27)24-13-14-29-20-8-5-4-7-16(20)2/h4-5,7-12,19H,3,6,13-15H2,1-2H3,(H,24,27)(H2,25,26,28). The molecule has 2 aromatic rings. The van der Waals surface area contributed by atoms with Crippen LogP contribution in [0.1, 0.15) is 30.9 Å². The highest BCUT2D eigenvalue weighted by Crippen LogP contribution is 2.15. The maximum atomic E-state index is 12.9. The van der Waals surface area contributed by atoms with E-state index in [9.17, 15) is 14.0 Å². The summed E-state index contributed by atoms with van der Waals surface area (Å²) in [5.74, 6) is 0.201. The Kier molecular flexibility index (Phi) is 8.95. The predicted molar refractivity (Wildman–Crippen MR) is 110 cm³/mol. The van der Waals surface area contributed by atoms with Crippen molar-refractivity contribution < 1.29 is 18.7 Å². The van der Waals surface area contributed by atoms with Crippen LogP contribution in [0.2, 0.25) is 0 Å². The molecule has 0 heterocycles. The fourth-order valence-electron chi connectivity index (χ4n) is 2.73. The molecule has 3 N–H and O–H groups in total. The van der Waals surface area contributed by atoms with E-state index in [0.29, 0.717) is 19.6 Å². The molecule has 1 unspecified atom stereocenters. The normalized spacial score (nSPS) is 11.4. The summed E-state index contributed by atoms with van der Waals surface area (Å²) in [7, 11) is 0. The van der Waals surface area contributed by atoms with Gasteiger partial charge in [-0.3, -0.25) is 4.79 Å². The summed E-state index contributed by atoms with van der Waals surface area (Å²) >= 11 is 0. The third-order valence-corrected chi connectivity index (χ3v) is 4.32. The molecular formula is C22H28FN3O3. The minimum Gasteiger partial charge on any atom is -0.491 e. The Morgan fingerprint density at radius 1 is 1.07 bits per heavy atom. The highest BCUT2D eigenvalue weighted by molar-refractivity contribution is 5.86. The van der Waals surface area contributed by atoms with Gasteiger partial charge in [0, 0.05) is 6.54 Å². The molecule has 0 saturated carbocycles. The first-order valence-corrected chi connectivity index (χ1v) is 9.74. The smallest absolute Gasteiger partial charge is 0.315 e. The van der Waals surface area contributed by atoms with Crippen molar-refractivity contribution in [1.82, 2.24) is 16.0 Å². The number of carbonyl (C=O) groups excluding carboxylic acids is 2. The fourth-order valence-corrected chi connectivity index (χ4v) is 2.73. The van der Waals surface area contributed by atoms with Crippen LogP contribution in [-0.4, -0.2) is 31.1 Å². The van der Waals surface area contributed by atoms with E-state index < -0.39 is 12.1 Å². The summed E-state index contributed by atoms with van der Waals surface area (Å²) in [6.45, 7) is 4.83. The van der Waals surface area contributed by atoms with Crippen molar-refractivity contribution in [2.45, 2.75) is 39.3 Å². The van der Waals surface area contributed by atoms with Crippen LogP contribution in [0.15, 0.2) is 48.5 Å². The van der Waals surface area contributed by atoms with Gasteiger partial charge in [0.05, 0.1) is 6.54 Å². The largest absolute Gasteiger partial charge is 0.491 e. The van der Waals surface area contributed by atoms with Crippen LogP contribution in [-0.2, 0) is 11.3 Å². The van der Waals surface area contributed by atoms with Crippen molar-refractivity contribution in [3.63, 3.8) is 0 Å². The SMILES string of the molecule is CCCC(NC(=O)NCc1ccc(F)cc1)C(=O)NCCOc1ccccc1C. The monoisotopic (exact) mass is 401 g/mol. The number of halogens is 1. The molecule has 156 valence electrons. The van der Waals surface area contributed by atoms with E-state index >= 15 is 0 Å². The third-order valence-electron chi connectivity index (χ3n) is 4.32. The summed E-state index contributed by atoms with van der Waals surface area (Å²) in [5.41, 5.74) is 1.80. The number of amides is 3. The first-order chi connectivity index (χ1) is 14.0. The zero-order valence-electron chi connectivity index (χ0n) is 16.8. The summed E-state index contributed by atoms with van der Waals surface area (Å²) in [6, 6.07) is 12.5. The van der Waals surface area contributed by atoms with E-state index in [0.717, 1.165) is 23.3 Å². The van der Waals surface area contributed by atoms with Gasteiger partial charge in [0.1, 0.15) is 24.2 Å². The molecule has 0 aromatic heterocycles. The van der Waals surface area contributed by atoms with Crippen molar-refractivity contribution in [3.05, 3.63) is 65.5 Å². The maximum Gasteiger partial charge on any atom is 0.315 e. The lowest BCUT2D eigenvalue weighted by atomic mass is 10.1. The summed E-state index contributed by atoms with van der Waals surface area (Å²) in [4.78, 5) is 24.5. The van der Waals surface area contributed by atoms with Gasteiger partial charge in [0.25, 0.3) is 0 Å². The molecule has 0 aliphatic heterocycles. The zero-order valence-corrected chi connectivity index (χ0v) is 16.8. The van der Waals surface area contributed by atoms with Crippen LogP contribution in [0, 0.1) is 12.7 Å². The van der Waals surface area contributed by atoms with Crippen LogP contribution in [0.4, 0.5) is 9.18 Å². The van der Waals surface area contributed by atoms with Crippen molar-refractivity contribution >= 4 is 11.9 Å². The molecule has 2 rings (SSSR count). The summed E-state index contributed by atoms with van der Waals surface area (Å²) < 4.78 is 18.6. The molecule has 3 amide bonds. The van der Waals surface area contributed by atoms with Gasteiger partial charge in [-0.1, -0.05) is 43.7 Å². The second-order valence-corrected chi connectivity index (χ2v) is 6.70.